The molecule has 2 aromatic rings. The predicted molar refractivity (Wildman–Crippen MR) is 79.7 cm³/mol. The van der Waals surface area contributed by atoms with Crippen LogP contribution < -0.4 is 10.6 Å². The summed E-state index contributed by atoms with van der Waals surface area (Å²) in [6.07, 6.45) is 0. The van der Waals surface area contributed by atoms with Gasteiger partial charge in [-0.25, -0.2) is 0 Å². The van der Waals surface area contributed by atoms with Crippen LogP contribution in [-0.4, -0.2) is 24.3 Å². The Morgan fingerprint density at radius 3 is 2.78 bits per heavy atom. The molecule has 0 aliphatic rings. The van der Waals surface area contributed by atoms with Crippen LogP contribution in [0.15, 0.2) is 22.5 Å². The Balaban J connectivity index is 2.02. The number of aromatic nitrogens is 2. The van der Waals surface area contributed by atoms with Gasteiger partial charge in [-0.15, -0.1) is 10.2 Å². The highest BCUT2D eigenvalue weighted by Gasteiger charge is 2.08. The van der Waals surface area contributed by atoms with Gasteiger partial charge in [-0.05, 0) is 17.7 Å². The van der Waals surface area contributed by atoms with E-state index in [1.165, 1.54) is 0 Å². The molecule has 96 valence electrons. The van der Waals surface area contributed by atoms with Gasteiger partial charge in [-0.1, -0.05) is 40.8 Å². The number of nitrogens with zero attached hydrogens (tertiary/aromatic N) is 3. The first-order valence-electron chi connectivity index (χ1n) is 5.24. The van der Waals surface area contributed by atoms with Crippen molar-refractivity contribution in [3.8, 4) is 0 Å². The van der Waals surface area contributed by atoms with E-state index in [4.69, 9.17) is 17.3 Å². The van der Waals surface area contributed by atoms with Gasteiger partial charge in [0.1, 0.15) is 0 Å². The van der Waals surface area contributed by atoms with Crippen LogP contribution in [0.3, 0.4) is 0 Å². The average Bonchev–Trinajstić information content (AvgIpc) is 2.76. The number of thioether (sulfide) groups is 1. The van der Waals surface area contributed by atoms with E-state index in [1.807, 2.05) is 31.1 Å². The van der Waals surface area contributed by atoms with E-state index in [-0.39, 0.29) is 0 Å². The van der Waals surface area contributed by atoms with Gasteiger partial charge >= 0.3 is 0 Å². The summed E-state index contributed by atoms with van der Waals surface area (Å²) in [5.74, 6) is 0.765. The fourth-order valence-electron chi connectivity index (χ4n) is 1.26. The zero-order chi connectivity index (χ0) is 13.1. The van der Waals surface area contributed by atoms with Crippen molar-refractivity contribution in [3.05, 3.63) is 28.8 Å². The standard InChI is InChI=1S/C11H13ClN4S2/c1-16(2)10-14-15-11(18-10)17-6-7-3-4-8(13)5-9(7)12/h3-5H,6,13H2,1-2H3. The first-order valence-corrected chi connectivity index (χ1v) is 7.42. The summed E-state index contributed by atoms with van der Waals surface area (Å²) in [6.45, 7) is 0. The van der Waals surface area contributed by atoms with Crippen molar-refractivity contribution in [2.45, 2.75) is 10.1 Å². The number of rotatable bonds is 4. The Morgan fingerprint density at radius 1 is 1.39 bits per heavy atom. The second-order valence-electron chi connectivity index (χ2n) is 3.88. The van der Waals surface area contributed by atoms with Gasteiger partial charge in [0.15, 0.2) is 4.34 Å². The van der Waals surface area contributed by atoms with E-state index < -0.39 is 0 Å². The van der Waals surface area contributed by atoms with Crippen LogP contribution in [0, 0.1) is 0 Å². The van der Waals surface area contributed by atoms with Crippen molar-refractivity contribution < 1.29 is 0 Å². The van der Waals surface area contributed by atoms with Crippen LogP contribution >= 0.6 is 34.7 Å². The summed E-state index contributed by atoms with van der Waals surface area (Å²) in [5, 5.41) is 9.80. The monoisotopic (exact) mass is 300 g/mol. The summed E-state index contributed by atoms with van der Waals surface area (Å²) < 4.78 is 0.937. The molecule has 0 spiro atoms. The molecule has 0 amide bonds. The molecule has 1 aromatic carbocycles. The molecule has 18 heavy (non-hydrogen) atoms. The highest BCUT2D eigenvalue weighted by Crippen LogP contribution is 2.31. The van der Waals surface area contributed by atoms with E-state index in [9.17, 15) is 0 Å². The highest BCUT2D eigenvalue weighted by molar-refractivity contribution is 8.00. The Bertz CT molecular complexity index is 542. The molecule has 0 aliphatic carbocycles. The highest BCUT2D eigenvalue weighted by atomic mass is 35.5. The van der Waals surface area contributed by atoms with Gasteiger partial charge in [0.25, 0.3) is 0 Å². The van der Waals surface area contributed by atoms with Crippen LogP contribution in [0.25, 0.3) is 0 Å². The molecule has 0 atom stereocenters. The Hall–Kier alpha value is -0.980. The van der Waals surface area contributed by atoms with Gasteiger partial charge in [-0.3, -0.25) is 0 Å². The number of nitrogens with two attached hydrogens (primary N) is 1. The molecule has 0 saturated carbocycles. The van der Waals surface area contributed by atoms with Crippen molar-refractivity contribution in [2.75, 3.05) is 24.7 Å². The maximum Gasteiger partial charge on any atom is 0.208 e. The first-order chi connectivity index (χ1) is 8.56. The molecule has 0 aliphatic heterocycles. The smallest absolute Gasteiger partial charge is 0.208 e. The van der Waals surface area contributed by atoms with E-state index in [0.29, 0.717) is 10.7 Å². The van der Waals surface area contributed by atoms with E-state index >= 15 is 0 Å². The molecule has 0 fully saturated rings. The second-order valence-corrected chi connectivity index (χ2v) is 6.47. The van der Waals surface area contributed by atoms with Crippen molar-refractivity contribution in [2.24, 2.45) is 0 Å². The van der Waals surface area contributed by atoms with Crippen molar-refractivity contribution >= 4 is 45.5 Å². The number of nitrogen functional groups attached to an aromatic ring is 1. The molecular formula is C11H13ClN4S2. The SMILES string of the molecule is CN(C)c1nnc(SCc2ccc(N)cc2Cl)s1. The van der Waals surface area contributed by atoms with Crippen LogP contribution in [-0.2, 0) is 5.75 Å². The number of anilines is 2. The first kappa shape index (κ1) is 13.5. The van der Waals surface area contributed by atoms with Gasteiger partial charge < -0.3 is 10.6 Å². The molecule has 4 nitrogen and oxygen atoms in total. The number of halogens is 1. The lowest BCUT2D eigenvalue weighted by atomic mass is 10.2. The topological polar surface area (TPSA) is 55.0 Å². The second kappa shape index (κ2) is 5.77. The third kappa shape index (κ3) is 3.28. The molecule has 0 bridgehead atoms. The summed E-state index contributed by atoms with van der Waals surface area (Å²) >= 11 is 9.31. The normalized spacial score (nSPS) is 10.6. The summed E-state index contributed by atoms with van der Waals surface area (Å²) in [6, 6.07) is 5.56. The van der Waals surface area contributed by atoms with Crippen LogP contribution in [0.5, 0.6) is 0 Å². The quantitative estimate of drug-likeness (QED) is 0.694. The molecule has 7 heteroatoms. The van der Waals surface area contributed by atoms with Crippen LogP contribution in [0.2, 0.25) is 5.02 Å². The maximum atomic E-state index is 6.12. The van der Waals surface area contributed by atoms with Crippen molar-refractivity contribution in [1.29, 1.82) is 0 Å². The summed E-state index contributed by atoms with van der Waals surface area (Å²) in [7, 11) is 3.90. The Kier molecular flexibility index (Phi) is 4.31. The number of hydrogen-bond donors (Lipinski definition) is 1. The van der Waals surface area contributed by atoms with Gasteiger partial charge in [-0.2, -0.15) is 0 Å². The van der Waals surface area contributed by atoms with Gasteiger partial charge in [0, 0.05) is 30.6 Å². The molecule has 2 N–H and O–H groups in total. The minimum absolute atomic E-state index is 0.680. The van der Waals surface area contributed by atoms with Gasteiger partial charge in [0.2, 0.25) is 5.13 Å². The lowest BCUT2D eigenvalue weighted by Gasteiger charge is -2.04. The van der Waals surface area contributed by atoms with E-state index in [1.54, 1.807) is 29.2 Å². The maximum absolute atomic E-state index is 6.12. The Labute approximate surface area is 119 Å². The number of hydrogen-bond acceptors (Lipinski definition) is 6. The molecule has 1 heterocycles. The minimum atomic E-state index is 0.680. The molecule has 2 rings (SSSR count). The third-order valence-corrected chi connectivity index (χ3v) is 4.83. The van der Waals surface area contributed by atoms with E-state index in [0.717, 1.165) is 20.8 Å². The third-order valence-electron chi connectivity index (χ3n) is 2.21. The Morgan fingerprint density at radius 2 is 2.17 bits per heavy atom. The molecule has 0 radical (unpaired) electrons. The van der Waals surface area contributed by atoms with E-state index in [2.05, 4.69) is 10.2 Å². The predicted octanol–water partition coefficient (Wildman–Crippen LogP) is 3.13. The largest absolute Gasteiger partial charge is 0.399 e. The molecular weight excluding hydrogens is 288 g/mol. The lowest BCUT2D eigenvalue weighted by molar-refractivity contribution is 0.972. The fourth-order valence-corrected chi connectivity index (χ4v) is 3.36. The van der Waals surface area contributed by atoms with Crippen LogP contribution in [0.4, 0.5) is 10.8 Å². The van der Waals surface area contributed by atoms with Crippen LogP contribution in [0.1, 0.15) is 5.56 Å². The lowest BCUT2D eigenvalue weighted by Crippen LogP contribution is -2.07. The molecule has 1 aromatic heterocycles. The summed E-state index contributed by atoms with van der Waals surface area (Å²) in [4.78, 5) is 1.94. The fraction of sp³-hybridized carbons (Fsp3) is 0.273. The zero-order valence-electron chi connectivity index (χ0n) is 10.1. The van der Waals surface area contributed by atoms with Crippen molar-refractivity contribution in [3.63, 3.8) is 0 Å². The minimum Gasteiger partial charge on any atom is -0.399 e. The number of benzene rings is 1. The average molecular weight is 301 g/mol. The zero-order valence-corrected chi connectivity index (χ0v) is 12.4. The summed E-state index contributed by atoms with van der Waals surface area (Å²) in [5.41, 5.74) is 7.39. The van der Waals surface area contributed by atoms with Crippen molar-refractivity contribution in [1.82, 2.24) is 10.2 Å². The molecule has 0 saturated heterocycles. The van der Waals surface area contributed by atoms with Gasteiger partial charge in [0.05, 0.1) is 0 Å². The molecule has 0 unspecified atom stereocenters.